The number of aromatic nitrogens is 1. The van der Waals surface area contributed by atoms with E-state index >= 15 is 0 Å². The molecule has 2 heteroatoms. The summed E-state index contributed by atoms with van der Waals surface area (Å²) in [6, 6.07) is 2.10. The number of carbonyl (C=O) groups excluding carboxylic acids is 1. The van der Waals surface area contributed by atoms with Crippen LogP contribution in [0.25, 0.3) is 0 Å². The van der Waals surface area contributed by atoms with Crippen LogP contribution in [0, 0.1) is 12.8 Å². The second-order valence-corrected chi connectivity index (χ2v) is 3.79. The Morgan fingerprint density at radius 1 is 1.50 bits per heavy atom. The molecule has 0 amide bonds. The summed E-state index contributed by atoms with van der Waals surface area (Å²) in [5.74, 6) is 0.424. The zero-order valence-corrected chi connectivity index (χ0v) is 9.08. The van der Waals surface area contributed by atoms with Gasteiger partial charge in [-0.05, 0) is 37.8 Å². The van der Waals surface area contributed by atoms with E-state index < -0.39 is 0 Å². The lowest BCUT2D eigenvalue weighted by Gasteiger charge is -2.10. The topological polar surface area (TPSA) is 30.0 Å². The van der Waals surface area contributed by atoms with Gasteiger partial charge in [0, 0.05) is 18.3 Å². The summed E-state index contributed by atoms with van der Waals surface area (Å²) >= 11 is 0. The largest absolute Gasteiger partial charge is 0.300 e. The highest BCUT2D eigenvalue weighted by Gasteiger charge is 2.12. The Morgan fingerprint density at radius 3 is 2.71 bits per heavy atom. The molecule has 0 aliphatic rings. The molecule has 0 spiro atoms. The van der Waals surface area contributed by atoms with Crippen molar-refractivity contribution in [2.24, 2.45) is 5.92 Å². The van der Waals surface area contributed by atoms with E-state index in [0.29, 0.717) is 0 Å². The summed E-state index contributed by atoms with van der Waals surface area (Å²) in [5.41, 5.74) is 2.31. The minimum atomic E-state index is 0.151. The number of hydrogen-bond acceptors (Lipinski definition) is 2. The average molecular weight is 191 g/mol. The first-order chi connectivity index (χ1) is 6.63. The third-order valence-electron chi connectivity index (χ3n) is 2.48. The van der Waals surface area contributed by atoms with Gasteiger partial charge in [0.1, 0.15) is 5.78 Å². The predicted molar refractivity (Wildman–Crippen MR) is 57.1 cm³/mol. The van der Waals surface area contributed by atoms with Gasteiger partial charge in [-0.2, -0.15) is 0 Å². The molecule has 1 aromatic heterocycles. The number of pyridine rings is 1. The number of ketones is 1. The van der Waals surface area contributed by atoms with Crippen molar-refractivity contribution < 1.29 is 4.79 Å². The third kappa shape index (κ3) is 2.95. The Balaban J connectivity index is 2.72. The van der Waals surface area contributed by atoms with Crippen LogP contribution in [0.4, 0.5) is 0 Å². The molecule has 1 atom stereocenters. The number of carbonyl (C=O) groups is 1. The van der Waals surface area contributed by atoms with Crippen LogP contribution in [0.3, 0.4) is 0 Å². The molecule has 1 aromatic rings. The van der Waals surface area contributed by atoms with Crippen LogP contribution in [0.5, 0.6) is 0 Å². The molecule has 1 rings (SSSR count). The van der Waals surface area contributed by atoms with E-state index in [9.17, 15) is 4.79 Å². The van der Waals surface area contributed by atoms with Crippen molar-refractivity contribution >= 4 is 5.78 Å². The normalized spacial score (nSPS) is 12.5. The van der Waals surface area contributed by atoms with Gasteiger partial charge in [0.25, 0.3) is 0 Å². The van der Waals surface area contributed by atoms with Crippen molar-refractivity contribution in [2.75, 3.05) is 0 Å². The van der Waals surface area contributed by atoms with Crippen LogP contribution in [-0.2, 0) is 11.2 Å². The van der Waals surface area contributed by atoms with Crippen LogP contribution >= 0.6 is 0 Å². The highest BCUT2D eigenvalue weighted by Crippen LogP contribution is 2.13. The standard InChI is InChI=1S/C12H17NO/c1-4-12(10(3)14)6-11-5-9(2)7-13-8-11/h5,7-8,12H,4,6H2,1-3H3. The van der Waals surface area contributed by atoms with E-state index in [1.807, 2.05) is 19.3 Å². The molecule has 0 bridgehead atoms. The summed E-state index contributed by atoms with van der Waals surface area (Å²) in [6.45, 7) is 5.73. The van der Waals surface area contributed by atoms with E-state index in [0.717, 1.165) is 24.0 Å². The van der Waals surface area contributed by atoms with Crippen LogP contribution in [-0.4, -0.2) is 10.8 Å². The molecule has 2 nitrogen and oxygen atoms in total. The molecule has 1 unspecified atom stereocenters. The fourth-order valence-electron chi connectivity index (χ4n) is 1.59. The molecule has 1 heterocycles. The molecular weight excluding hydrogens is 174 g/mol. The number of Topliss-reactive ketones (excluding diaryl/α,β-unsaturated/α-hetero) is 1. The van der Waals surface area contributed by atoms with Gasteiger partial charge in [-0.25, -0.2) is 0 Å². The van der Waals surface area contributed by atoms with Crippen molar-refractivity contribution in [1.82, 2.24) is 4.98 Å². The summed E-state index contributed by atoms with van der Waals surface area (Å²) in [4.78, 5) is 15.4. The fourth-order valence-corrected chi connectivity index (χ4v) is 1.59. The molecule has 0 aliphatic heterocycles. The molecule has 0 N–H and O–H groups in total. The first kappa shape index (κ1) is 10.9. The molecule has 0 aliphatic carbocycles. The molecule has 0 aromatic carbocycles. The van der Waals surface area contributed by atoms with E-state index in [4.69, 9.17) is 0 Å². The second kappa shape index (κ2) is 4.89. The highest BCUT2D eigenvalue weighted by molar-refractivity contribution is 5.78. The van der Waals surface area contributed by atoms with Gasteiger partial charge >= 0.3 is 0 Å². The molecule has 0 radical (unpaired) electrons. The van der Waals surface area contributed by atoms with Crippen molar-refractivity contribution in [3.8, 4) is 0 Å². The lowest BCUT2D eigenvalue weighted by molar-refractivity contribution is -0.120. The van der Waals surface area contributed by atoms with E-state index in [2.05, 4.69) is 18.0 Å². The fraction of sp³-hybridized carbons (Fsp3) is 0.500. The van der Waals surface area contributed by atoms with Gasteiger partial charge in [0.05, 0.1) is 0 Å². The van der Waals surface area contributed by atoms with Crippen LogP contribution in [0.15, 0.2) is 18.5 Å². The van der Waals surface area contributed by atoms with Crippen molar-refractivity contribution in [3.63, 3.8) is 0 Å². The first-order valence-corrected chi connectivity index (χ1v) is 5.04. The molecule has 76 valence electrons. The van der Waals surface area contributed by atoms with Crippen molar-refractivity contribution in [2.45, 2.75) is 33.6 Å². The van der Waals surface area contributed by atoms with E-state index in [1.165, 1.54) is 0 Å². The number of aryl methyl sites for hydroxylation is 1. The second-order valence-electron chi connectivity index (χ2n) is 3.79. The summed E-state index contributed by atoms with van der Waals surface area (Å²) in [6.07, 6.45) is 5.40. The highest BCUT2D eigenvalue weighted by atomic mass is 16.1. The van der Waals surface area contributed by atoms with Gasteiger partial charge in [-0.1, -0.05) is 13.0 Å². The zero-order chi connectivity index (χ0) is 10.6. The lowest BCUT2D eigenvalue weighted by Crippen LogP contribution is -2.12. The maximum absolute atomic E-state index is 11.2. The van der Waals surface area contributed by atoms with Gasteiger partial charge in [0.2, 0.25) is 0 Å². The quantitative estimate of drug-likeness (QED) is 0.732. The average Bonchev–Trinajstić information content (AvgIpc) is 2.14. The monoisotopic (exact) mass is 191 g/mol. The molecular formula is C12H17NO. The molecule has 0 fully saturated rings. The predicted octanol–water partition coefficient (Wildman–Crippen LogP) is 2.55. The smallest absolute Gasteiger partial charge is 0.133 e. The lowest BCUT2D eigenvalue weighted by atomic mass is 9.94. The third-order valence-corrected chi connectivity index (χ3v) is 2.48. The van der Waals surface area contributed by atoms with E-state index in [1.54, 1.807) is 6.92 Å². The number of rotatable bonds is 4. The van der Waals surface area contributed by atoms with Crippen LogP contribution < -0.4 is 0 Å². The van der Waals surface area contributed by atoms with Gasteiger partial charge in [-0.15, -0.1) is 0 Å². The van der Waals surface area contributed by atoms with Gasteiger partial charge < -0.3 is 0 Å². The molecule has 0 saturated heterocycles. The Morgan fingerprint density at radius 2 is 2.21 bits per heavy atom. The van der Waals surface area contributed by atoms with Crippen molar-refractivity contribution in [1.29, 1.82) is 0 Å². The SMILES string of the molecule is CCC(Cc1cncc(C)c1)C(C)=O. The van der Waals surface area contributed by atoms with Crippen molar-refractivity contribution in [3.05, 3.63) is 29.6 Å². The minimum Gasteiger partial charge on any atom is -0.300 e. The Labute approximate surface area is 85.4 Å². The molecule has 0 saturated carbocycles. The Bertz CT molecular complexity index is 320. The summed E-state index contributed by atoms with van der Waals surface area (Å²) < 4.78 is 0. The Kier molecular flexibility index (Phi) is 3.81. The maximum atomic E-state index is 11.2. The summed E-state index contributed by atoms with van der Waals surface area (Å²) in [7, 11) is 0. The minimum absolute atomic E-state index is 0.151. The van der Waals surface area contributed by atoms with Crippen LogP contribution in [0.2, 0.25) is 0 Å². The zero-order valence-electron chi connectivity index (χ0n) is 9.08. The van der Waals surface area contributed by atoms with Gasteiger partial charge in [-0.3, -0.25) is 9.78 Å². The van der Waals surface area contributed by atoms with Crippen LogP contribution in [0.1, 0.15) is 31.4 Å². The number of hydrogen-bond donors (Lipinski definition) is 0. The summed E-state index contributed by atoms with van der Waals surface area (Å²) in [5, 5.41) is 0. The molecule has 14 heavy (non-hydrogen) atoms. The first-order valence-electron chi connectivity index (χ1n) is 5.04. The number of nitrogens with zero attached hydrogens (tertiary/aromatic N) is 1. The van der Waals surface area contributed by atoms with Gasteiger partial charge in [0.15, 0.2) is 0 Å². The maximum Gasteiger partial charge on any atom is 0.133 e. The Hall–Kier alpha value is -1.18. The van der Waals surface area contributed by atoms with E-state index in [-0.39, 0.29) is 11.7 Å².